The molecule has 0 saturated heterocycles. The highest BCUT2D eigenvalue weighted by atomic mass is 15.1. The van der Waals surface area contributed by atoms with Crippen LogP contribution >= 0.6 is 0 Å². The zero-order valence-electron chi connectivity index (χ0n) is 37.6. The van der Waals surface area contributed by atoms with Gasteiger partial charge < -0.3 is 9.95 Å². The summed E-state index contributed by atoms with van der Waals surface area (Å²) < 4.78 is 156. The fourth-order valence-electron chi connectivity index (χ4n) is 4.49. The van der Waals surface area contributed by atoms with Gasteiger partial charge in [-0.15, -0.1) is 0 Å². The molecule has 2 aliphatic rings. The number of aromatic nitrogens is 8. The van der Waals surface area contributed by atoms with E-state index in [4.69, 9.17) is 21.9 Å². The van der Waals surface area contributed by atoms with Gasteiger partial charge in [-0.1, -0.05) is 96.7 Å². The van der Waals surface area contributed by atoms with Crippen molar-refractivity contribution < 1.29 is 24.8 Å². The highest BCUT2D eigenvalue weighted by Crippen LogP contribution is 2.36. The third kappa shape index (κ3) is 3.01. The molecule has 0 amide bonds. The molecule has 0 aliphatic carbocycles. The van der Waals surface area contributed by atoms with Crippen LogP contribution in [0.3, 0.4) is 0 Å². The maximum Gasteiger partial charge on any atom is 0.170 e. The van der Waals surface area contributed by atoms with E-state index in [1.807, 2.05) is 0 Å². The maximum atomic E-state index is 9.21. The van der Waals surface area contributed by atoms with Crippen molar-refractivity contribution in [1.82, 2.24) is 39.9 Å². The summed E-state index contributed by atoms with van der Waals surface area (Å²) in [6, 6.07) is -11.2. The van der Waals surface area contributed by atoms with Gasteiger partial charge >= 0.3 is 0 Å². The second-order valence-corrected chi connectivity index (χ2v) is 8.48. The second kappa shape index (κ2) is 7.87. The SMILES string of the molecule is [2H]c1c([2H])c([2H])c2c(c1[2H])-c1nc-2nc2c3c([2H])c([2H])c([2H])c([2H])c3c(nc3nc(nc4c5c([2H])c([2H])c([2H])c([2H])c5c(n1)n4[2H])-c1c([2H])c([2H])c([2H])c([2H])c1-3)n2[2H]. The standard InChI is InChI=1S/C32H18N8/c1-2-10-18-17(9-1)25-33-26(18)38-28-21-13-5-6-14-22(21)30(35-28)40-32-24-16-8-7-15-23(24)31(36-32)39-29-20-12-4-3-11-19(20)27(34-29)37-25/h1-16H,(H2,33,34,35,36,37,38,39,40)/i1D,2D,3D,4D,5D,6D,7D,8D,9D,10D,11D,12D,13D,14D,15D,16D/hD2. The van der Waals surface area contributed by atoms with Crippen LogP contribution in [-0.2, 0) is 0 Å². The van der Waals surface area contributed by atoms with Crippen LogP contribution in [0.4, 0.5) is 0 Å². The van der Waals surface area contributed by atoms with Gasteiger partial charge in [-0.2, -0.15) is 0 Å². The first kappa shape index (κ1) is 10.4. The average Bonchev–Trinajstić information content (AvgIpc) is 3.90. The highest BCUT2D eigenvalue weighted by molar-refractivity contribution is 6.06. The minimum atomic E-state index is -0.731. The molecule has 8 bridgehead atoms. The van der Waals surface area contributed by atoms with Crippen LogP contribution < -0.4 is 0 Å². The van der Waals surface area contributed by atoms with Crippen LogP contribution in [0.2, 0.25) is 2.82 Å². The third-order valence-corrected chi connectivity index (χ3v) is 6.23. The number of H-pyrrole nitrogens is 2. The van der Waals surface area contributed by atoms with Crippen molar-refractivity contribution in [3.8, 4) is 45.6 Å². The molecule has 0 radical (unpaired) electrons. The summed E-state index contributed by atoms with van der Waals surface area (Å²) in [5.41, 5.74) is -3.65. The molecule has 0 atom stereocenters. The first-order chi connectivity index (χ1) is 27.3. The average molecular weight is 533 g/mol. The van der Waals surface area contributed by atoms with Crippen molar-refractivity contribution in [3.05, 3.63) is 96.7 Å². The zero-order chi connectivity index (χ0) is 41.9. The van der Waals surface area contributed by atoms with Gasteiger partial charge in [-0.05, 0) is 0 Å². The number of hydrogen-bond donors (Lipinski definition) is 2. The molecule has 40 heavy (non-hydrogen) atoms. The fraction of sp³-hybridized carbons (Fsp3) is 0. The predicted octanol–water partition coefficient (Wildman–Crippen LogP) is 6.87. The van der Waals surface area contributed by atoms with E-state index in [-0.39, 0.29) is 43.8 Å². The van der Waals surface area contributed by atoms with Gasteiger partial charge in [-0.3, -0.25) is 0 Å². The van der Waals surface area contributed by atoms with Crippen LogP contribution in [0.5, 0.6) is 0 Å². The minimum absolute atomic E-state index is 0.356. The molecule has 7 aromatic rings. The summed E-state index contributed by atoms with van der Waals surface area (Å²) in [5, 5.41) is -1.52. The Labute approximate surface area is 251 Å². The molecular formula is C32H18N8. The lowest BCUT2D eigenvalue weighted by Crippen LogP contribution is -1.82. The Morgan fingerprint density at radius 2 is 0.625 bits per heavy atom. The van der Waals surface area contributed by atoms with Crippen LogP contribution in [0.15, 0.2) is 96.7 Å². The monoisotopic (exact) mass is 532 g/mol. The van der Waals surface area contributed by atoms with Gasteiger partial charge in [0.25, 0.3) is 0 Å². The van der Waals surface area contributed by atoms with Gasteiger partial charge in [0, 0.05) is 43.8 Å². The lowest BCUT2D eigenvalue weighted by molar-refractivity contribution is 1.19. The molecule has 186 valence electrons. The minimum Gasteiger partial charge on any atom is -0.324 e. The number of hydrogen-bond acceptors (Lipinski definition) is 6. The lowest BCUT2D eigenvalue weighted by Gasteiger charge is -1.96. The Morgan fingerprint density at radius 1 is 0.375 bits per heavy atom. The first-order valence-electron chi connectivity index (χ1n) is 20.5. The number of rotatable bonds is 0. The summed E-state index contributed by atoms with van der Waals surface area (Å²) in [7, 11) is 0. The smallest absolute Gasteiger partial charge is 0.170 e. The normalized spacial score (nSPS) is 18.3. The number of nitrogens with one attached hydrogen (secondary N) is 2. The zero-order valence-corrected chi connectivity index (χ0v) is 19.6. The number of nitrogens with zero attached hydrogens (tertiary/aromatic N) is 6. The molecule has 8 heteroatoms. The number of fused-ring (bicyclic) bond motifs is 20. The molecule has 0 saturated carbocycles. The largest absolute Gasteiger partial charge is 0.324 e. The molecule has 5 heterocycles. The van der Waals surface area contributed by atoms with Crippen LogP contribution in [-0.4, -0.2) is 39.9 Å². The van der Waals surface area contributed by atoms with E-state index < -0.39 is 143 Å². The van der Waals surface area contributed by atoms with E-state index in [9.17, 15) is 2.82 Å². The van der Waals surface area contributed by atoms with Gasteiger partial charge in [0.1, 0.15) is 22.6 Å². The molecule has 0 unspecified atom stereocenters. The van der Waals surface area contributed by atoms with Gasteiger partial charge in [-0.25, -0.2) is 29.9 Å². The van der Waals surface area contributed by atoms with E-state index in [1.165, 1.54) is 0 Å². The molecule has 0 spiro atoms. The molecule has 2 aliphatic heterocycles. The van der Waals surface area contributed by atoms with E-state index in [1.54, 1.807) is 0 Å². The van der Waals surface area contributed by atoms with E-state index in [2.05, 4.69) is 29.9 Å². The van der Waals surface area contributed by atoms with Crippen molar-refractivity contribution >= 4 is 44.1 Å². The summed E-state index contributed by atoms with van der Waals surface area (Å²) >= 11 is 0. The van der Waals surface area contributed by atoms with Crippen molar-refractivity contribution in [2.45, 2.75) is 0 Å². The summed E-state index contributed by atoms with van der Waals surface area (Å²) in [5.74, 6) is -2.08. The first-order valence-corrected chi connectivity index (χ1v) is 11.6. The quantitative estimate of drug-likeness (QED) is 0.221. The van der Waals surface area contributed by atoms with Crippen LogP contribution in [0, 0.1) is 0 Å². The Kier molecular flexibility index (Phi) is 2.05. The highest BCUT2D eigenvalue weighted by Gasteiger charge is 2.21. The maximum absolute atomic E-state index is 9.21. The predicted molar refractivity (Wildman–Crippen MR) is 156 cm³/mol. The van der Waals surface area contributed by atoms with Crippen LogP contribution in [0.25, 0.3) is 89.7 Å². The van der Waals surface area contributed by atoms with Crippen molar-refractivity contribution in [3.63, 3.8) is 0 Å². The molecule has 9 rings (SSSR count). The van der Waals surface area contributed by atoms with E-state index >= 15 is 0 Å². The Bertz CT molecular complexity index is 2920. The molecule has 2 N–H and O–H groups in total. The summed E-state index contributed by atoms with van der Waals surface area (Å²) in [6.07, 6.45) is 0. The van der Waals surface area contributed by atoms with Crippen molar-refractivity contribution in [2.24, 2.45) is 0 Å². The fourth-order valence-corrected chi connectivity index (χ4v) is 4.49. The van der Waals surface area contributed by atoms with Crippen LogP contribution in [0.1, 0.15) is 21.9 Å². The molecule has 3 aromatic heterocycles. The van der Waals surface area contributed by atoms with Gasteiger partial charge in [0.15, 0.2) is 26.1 Å². The van der Waals surface area contributed by atoms with Gasteiger partial charge in [0.05, 0.1) is 21.9 Å². The van der Waals surface area contributed by atoms with Crippen molar-refractivity contribution in [1.29, 1.82) is 0 Å². The van der Waals surface area contributed by atoms with E-state index in [0.717, 1.165) is 0 Å². The number of benzene rings is 4. The second-order valence-electron chi connectivity index (χ2n) is 8.48. The summed E-state index contributed by atoms with van der Waals surface area (Å²) in [6.45, 7) is 0. The van der Waals surface area contributed by atoms with Gasteiger partial charge in [0.2, 0.25) is 0 Å². The molecular weight excluding hydrogens is 496 g/mol. The number of aromatic amines is 2. The lowest BCUT2D eigenvalue weighted by atomic mass is 10.1. The summed E-state index contributed by atoms with van der Waals surface area (Å²) in [4.78, 5) is 27.5. The van der Waals surface area contributed by atoms with Crippen molar-refractivity contribution in [2.75, 3.05) is 0 Å². The Morgan fingerprint density at radius 3 is 0.900 bits per heavy atom. The molecule has 0 fully saturated rings. The third-order valence-electron chi connectivity index (χ3n) is 6.23. The Hall–Kier alpha value is -5.76. The molecule has 8 nitrogen and oxygen atoms in total. The molecule has 4 aromatic carbocycles. The Balaban J connectivity index is 1.66. The topological polar surface area (TPSA) is 109 Å². The van der Waals surface area contributed by atoms with E-state index in [0.29, 0.717) is 9.95 Å².